The number of carbonyl (C=O) groups is 6. The number of amides is 4. The monoisotopic (exact) mass is 718 g/mol. The molecule has 0 aromatic heterocycles. The van der Waals surface area contributed by atoms with Crippen molar-refractivity contribution in [1.29, 1.82) is 0 Å². The number of carbonyl (C=O) groups excluding carboxylic acids is 6. The van der Waals surface area contributed by atoms with Crippen molar-refractivity contribution in [3.63, 3.8) is 0 Å². The highest BCUT2D eigenvalue weighted by atomic mass is 35.5. The molecule has 2 heterocycles. The summed E-state index contributed by atoms with van der Waals surface area (Å²) in [6, 6.07) is 12.1. The maximum atomic E-state index is 12.6. The zero-order valence-corrected chi connectivity index (χ0v) is 26.8. The van der Waals surface area contributed by atoms with Crippen LogP contribution in [0.15, 0.2) is 48.5 Å². The van der Waals surface area contributed by atoms with Gasteiger partial charge in [0.2, 0.25) is 23.6 Å². The maximum Gasteiger partial charge on any atom is 0.365 e. The number of piperazine rings is 2. The topological polar surface area (TPSA) is 152 Å². The van der Waals surface area contributed by atoms with Crippen LogP contribution in [0.3, 0.4) is 0 Å². The minimum absolute atomic E-state index is 0.176. The van der Waals surface area contributed by atoms with Gasteiger partial charge in [0.15, 0.2) is 13.5 Å². The number of alkyl halides is 2. The minimum Gasteiger partial charge on any atom is -0.463 e. The Morgan fingerprint density at radius 2 is 0.891 bits per heavy atom. The van der Waals surface area contributed by atoms with Crippen LogP contribution in [0.5, 0.6) is 11.5 Å². The summed E-state index contributed by atoms with van der Waals surface area (Å²) in [6.07, 6.45) is 0. The first-order valence-corrected chi connectivity index (χ1v) is 15.1. The van der Waals surface area contributed by atoms with Crippen molar-refractivity contribution in [2.24, 2.45) is 0 Å². The Kier molecular flexibility index (Phi) is 12.4. The average molecular weight is 720 g/mol. The summed E-state index contributed by atoms with van der Waals surface area (Å²) in [6.45, 7) is -1.65. The molecule has 2 aromatic carbocycles. The van der Waals surface area contributed by atoms with E-state index in [2.05, 4.69) is 0 Å². The lowest BCUT2D eigenvalue weighted by Crippen LogP contribution is -2.58. The Bertz CT molecular complexity index is 1320. The summed E-state index contributed by atoms with van der Waals surface area (Å²) < 4.78 is 20.5. The molecule has 0 radical (unpaired) electrons. The summed E-state index contributed by atoms with van der Waals surface area (Å²) in [7, 11) is 0. The SMILES string of the molecule is O=C(OCN1C(=O)CN(CCN2CC(=O)N(COC(=O)C(Cl)Oc3ccc(Cl)cc3)C(=O)C2)CC1=O)C(Cl)Oc1ccc(Cl)cc1. The summed E-state index contributed by atoms with van der Waals surface area (Å²) in [5.74, 6) is -3.97. The summed E-state index contributed by atoms with van der Waals surface area (Å²) in [4.78, 5) is 79.5. The quantitative estimate of drug-likeness (QED) is 0.169. The van der Waals surface area contributed by atoms with Crippen molar-refractivity contribution in [3.8, 4) is 11.5 Å². The Balaban J connectivity index is 1.16. The fraction of sp³-hybridized carbons (Fsp3) is 0.357. The van der Waals surface area contributed by atoms with Gasteiger partial charge in [0.1, 0.15) is 11.5 Å². The van der Waals surface area contributed by atoms with Gasteiger partial charge in [-0.05, 0) is 48.5 Å². The molecule has 2 aliphatic rings. The molecule has 14 nitrogen and oxygen atoms in total. The molecule has 46 heavy (non-hydrogen) atoms. The zero-order valence-electron chi connectivity index (χ0n) is 23.8. The molecule has 0 bridgehead atoms. The largest absolute Gasteiger partial charge is 0.463 e. The molecule has 2 aromatic rings. The van der Waals surface area contributed by atoms with Crippen LogP contribution in [0.2, 0.25) is 10.0 Å². The van der Waals surface area contributed by atoms with E-state index in [0.717, 1.165) is 9.80 Å². The van der Waals surface area contributed by atoms with Crippen LogP contribution in [-0.2, 0) is 38.2 Å². The molecule has 18 heteroatoms. The number of imide groups is 2. The number of hydrogen-bond donors (Lipinski definition) is 0. The molecular formula is C28H26Cl4N4O10. The van der Waals surface area contributed by atoms with Crippen molar-refractivity contribution in [2.45, 2.75) is 11.1 Å². The van der Waals surface area contributed by atoms with Crippen LogP contribution in [0, 0.1) is 0 Å². The van der Waals surface area contributed by atoms with Crippen molar-refractivity contribution in [1.82, 2.24) is 19.6 Å². The zero-order chi connectivity index (χ0) is 33.4. The highest BCUT2D eigenvalue weighted by molar-refractivity contribution is 6.31. The first-order chi connectivity index (χ1) is 21.9. The van der Waals surface area contributed by atoms with Crippen LogP contribution in [-0.4, -0.2) is 119 Å². The molecule has 2 fully saturated rings. The van der Waals surface area contributed by atoms with Gasteiger partial charge in [-0.1, -0.05) is 46.4 Å². The van der Waals surface area contributed by atoms with E-state index in [1.807, 2.05) is 0 Å². The Morgan fingerprint density at radius 1 is 0.587 bits per heavy atom. The smallest absolute Gasteiger partial charge is 0.365 e. The molecule has 2 unspecified atom stereocenters. The fourth-order valence-corrected chi connectivity index (χ4v) is 4.72. The van der Waals surface area contributed by atoms with Gasteiger partial charge in [0, 0.05) is 23.1 Å². The number of nitrogens with zero attached hydrogens (tertiary/aromatic N) is 4. The lowest BCUT2D eigenvalue weighted by molar-refractivity contribution is -0.168. The van der Waals surface area contributed by atoms with E-state index in [4.69, 9.17) is 65.4 Å². The lowest BCUT2D eigenvalue weighted by atomic mass is 10.2. The van der Waals surface area contributed by atoms with Crippen molar-refractivity contribution in [2.75, 3.05) is 52.7 Å². The Morgan fingerprint density at radius 3 is 1.20 bits per heavy atom. The predicted molar refractivity (Wildman–Crippen MR) is 162 cm³/mol. The van der Waals surface area contributed by atoms with Crippen LogP contribution >= 0.6 is 46.4 Å². The van der Waals surface area contributed by atoms with E-state index in [9.17, 15) is 28.8 Å². The summed E-state index contributed by atoms with van der Waals surface area (Å²) in [5, 5.41) is 0.919. The second-order valence-electron chi connectivity index (χ2n) is 9.81. The number of benzene rings is 2. The van der Waals surface area contributed by atoms with Gasteiger partial charge < -0.3 is 18.9 Å². The maximum absolute atomic E-state index is 12.6. The third-order valence-electron chi connectivity index (χ3n) is 6.52. The molecule has 4 amide bonds. The van der Waals surface area contributed by atoms with Gasteiger partial charge in [-0.2, -0.15) is 0 Å². The predicted octanol–water partition coefficient (Wildman–Crippen LogP) is 1.92. The molecular weight excluding hydrogens is 694 g/mol. The molecule has 4 rings (SSSR count). The highest BCUT2D eigenvalue weighted by Crippen LogP contribution is 2.20. The average Bonchev–Trinajstić information content (AvgIpc) is 3.01. The van der Waals surface area contributed by atoms with Crippen molar-refractivity contribution < 1.29 is 47.7 Å². The highest BCUT2D eigenvalue weighted by Gasteiger charge is 2.35. The van der Waals surface area contributed by atoms with E-state index in [1.165, 1.54) is 58.3 Å². The van der Waals surface area contributed by atoms with Gasteiger partial charge in [-0.25, -0.2) is 19.4 Å². The van der Waals surface area contributed by atoms with E-state index >= 15 is 0 Å². The van der Waals surface area contributed by atoms with Gasteiger partial charge >= 0.3 is 11.9 Å². The van der Waals surface area contributed by atoms with Crippen molar-refractivity contribution >= 4 is 82.0 Å². The number of esters is 2. The third kappa shape index (κ3) is 9.92. The molecule has 0 saturated carbocycles. The summed E-state index contributed by atoms with van der Waals surface area (Å²) in [5.41, 5.74) is -3.06. The second kappa shape index (κ2) is 16.3. The normalized spacial score (nSPS) is 17.5. The van der Waals surface area contributed by atoms with Crippen LogP contribution in [0.4, 0.5) is 0 Å². The van der Waals surface area contributed by atoms with Crippen LogP contribution < -0.4 is 9.47 Å². The fourth-order valence-electron chi connectivity index (χ4n) is 4.13. The standard InChI is InChI=1S/C28H26Cl4N4O10/c29-17-1-5-19(6-2-17)45-25(31)27(41)43-15-35-21(37)11-33(12-22(35)38)9-10-34-13-23(39)36(24(40)14-34)16-44-28(42)26(32)46-20-7-3-18(30)4-8-20/h1-8,25-26H,9-16H2. The number of rotatable bonds is 13. The first-order valence-electron chi connectivity index (χ1n) is 13.5. The molecule has 0 N–H and O–H groups in total. The molecule has 2 atom stereocenters. The number of ether oxygens (including phenoxy) is 4. The molecule has 0 spiro atoms. The molecule has 2 aliphatic heterocycles. The van der Waals surface area contributed by atoms with Gasteiger partial charge in [-0.15, -0.1) is 0 Å². The Labute approximate surface area is 282 Å². The number of hydrogen-bond acceptors (Lipinski definition) is 12. The molecule has 246 valence electrons. The van der Waals surface area contributed by atoms with Gasteiger partial charge in [0.25, 0.3) is 11.1 Å². The lowest BCUT2D eigenvalue weighted by Gasteiger charge is -2.35. The van der Waals surface area contributed by atoms with E-state index < -0.39 is 60.2 Å². The molecule has 2 saturated heterocycles. The van der Waals surface area contributed by atoms with E-state index in [-0.39, 0.29) is 50.8 Å². The molecule has 0 aliphatic carbocycles. The first kappa shape index (κ1) is 35.2. The number of halogens is 4. The summed E-state index contributed by atoms with van der Waals surface area (Å²) >= 11 is 23.4. The second-order valence-corrected chi connectivity index (χ2v) is 11.5. The third-order valence-corrected chi connectivity index (χ3v) is 7.56. The minimum atomic E-state index is -1.53. The van der Waals surface area contributed by atoms with E-state index in [1.54, 1.807) is 0 Å². The Hall–Kier alpha value is -3.66. The van der Waals surface area contributed by atoms with E-state index in [0.29, 0.717) is 10.0 Å². The van der Waals surface area contributed by atoms with Gasteiger partial charge in [-0.3, -0.25) is 29.0 Å². The van der Waals surface area contributed by atoms with Crippen molar-refractivity contribution in [3.05, 3.63) is 58.6 Å². The van der Waals surface area contributed by atoms with Crippen LogP contribution in [0.1, 0.15) is 0 Å². The van der Waals surface area contributed by atoms with Gasteiger partial charge in [0.05, 0.1) is 26.2 Å². The van der Waals surface area contributed by atoms with Crippen LogP contribution in [0.25, 0.3) is 0 Å².